The Morgan fingerprint density at radius 1 is 0.710 bits per heavy atom. The van der Waals surface area contributed by atoms with E-state index in [9.17, 15) is 30.6 Å². The largest absolute Gasteiger partial charge is 0.394 e. The van der Waals surface area contributed by atoms with Crippen molar-refractivity contribution in [2.24, 2.45) is 22.9 Å². The predicted octanol–water partition coefficient (Wildman–Crippen LogP) is -6.65. The average Bonchev–Trinajstić information content (AvgIpc) is 3.02. The molecule has 0 bridgehead atoms. The van der Waals surface area contributed by atoms with Crippen LogP contribution in [-0.2, 0) is 18.9 Å². The van der Waals surface area contributed by atoms with Gasteiger partial charge >= 0.3 is 0 Å². The van der Waals surface area contributed by atoms with Gasteiger partial charge in [-0.1, -0.05) is 0 Å². The molecule has 0 aromatic rings. The molecule has 1 aliphatic carbocycles. The Bertz CT molecular complexity index is 591. The number of nitrogens with two attached hydrogens (primary N) is 4. The van der Waals surface area contributed by atoms with Gasteiger partial charge in [0.25, 0.3) is 0 Å². The van der Waals surface area contributed by atoms with Crippen LogP contribution in [0.4, 0.5) is 0 Å². The van der Waals surface area contributed by atoms with E-state index in [1.165, 1.54) is 0 Å². The van der Waals surface area contributed by atoms with E-state index in [0.717, 1.165) is 0 Å². The lowest BCUT2D eigenvalue weighted by molar-refractivity contribution is -0.306. The van der Waals surface area contributed by atoms with Crippen LogP contribution in [0.5, 0.6) is 0 Å². The first-order valence-electron chi connectivity index (χ1n) is 10.2. The molecule has 0 aromatic heterocycles. The zero-order valence-electron chi connectivity index (χ0n) is 16.8. The van der Waals surface area contributed by atoms with Crippen LogP contribution in [0.15, 0.2) is 0 Å². The zero-order chi connectivity index (χ0) is 23.0. The lowest BCUT2D eigenvalue weighted by Crippen LogP contribution is -2.68. The summed E-state index contributed by atoms with van der Waals surface area (Å²) in [6.45, 7) is -0.673. The van der Waals surface area contributed by atoms with E-state index in [4.69, 9.17) is 41.9 Å². The molecular weight excluding hydrogens is 420 g/mol. The van der Waals surface area contributed by atoms with Crippen molar-refractivity contribution in [3.63, 3.8) is 0 Å². The van der Waals surface area contributed by atoms with Gasteiger partial charge in [0.2, 0.25) is 0 Å². The highest BCUT2D eigenvalue weighted by atomic mass is 16.7. The first-order valence-corrected chi connectivity index (χ1v) is 10.2. The van der Waals surface area contributed by atoms with E-state index in [-0.39, 0.29) is 13.0 Å². The Morgan fingerprint density at radius 3 is 1.87 bits per heavy atom. The van der Waals surface area contributed by atoms with Crippen LogP contribution in [0.25, 0.3) is 0 Å². The van der Waals surface area contributed by atoms with Crippen molar-refractivity contribution in [2.45, 2.75) is 92.1 Å². The quantitative estimate of drug-likeness (QED) is 0.179. The summed E-state index contributed by atoms with van der Waals surface area (Å²) in [5.41, 5.74) is 23.6. The second-order valence-electron chi connectivity index (χ2n) is 8.30. The van der Waals surface area contributed by atoms with Gasteiger partial charge in [0, 0.05) is 18.6 Å². The SMILES string of the molecule is NC[C@@H]1O[C@H](O[C@H]2[C@@H](O[C@@H]3O[C@H](CO)[C@H](O)[C@@H]3O)[C@@H](O)[C@@H](N)C[C@H]2N)[C@H](N)[C@@H](O)[C@@H]1O. The highest BCUT2D eigenvalue weighted by molar-refractivity contribution is 5.01. The summed E-state index contributed by atoms with van der Waals surface area (Å²) in [6.07, 6.45) is -13.8. The molecule has 14 N–H and O–H groups in total. The fourth-order valence-electron chi connectivity index (χ4n) is 4.16. The van der Waals surface area contributed by atoms with Crippen LogP contribution in [0, 0.1) is 0 Å². The van der Waals surface area contributed by atoms with Gasteiger partial charge in [0.1, 0.15) is 48.8 Å². The fraction of sp³-hybridized carbons (Fsp3) is 1.00. The first-order chi connectivity index (χ1) is 14.6. The van der Waals surface area contributed by atoms with E-state index in [2.05, 4.69) is 0 Å². The van der Waals surface area contributed by atoms with Crippen LogP contribution in [0.1, 0.15) is 6.42 Å². The van der Waals surface area contributed by atoms with Gasteiger partial charge in [-0.2, -0.15) is 0 Å². The Balaban J connectivity index is 1.78. The van der Waals surface area contributed by atoms with Gasteiger partial charge in [0.05, 0.1) is 18.8 Å². The van der Waals surface area contributed by atoms with Gasteiger partial charge in [-0.15, -0.1) is 0 Å². The average molecular weight is 454 g/mol. The van der Waals surface area contributed by atoms with Crippen LogP contribution in [0.2, 0.25) is 0 Å². The van der Waals surface area contributed by atoms with Crippen LogP contribution in [0.3, 0.4) is 0 Å². The molecule has 3 fully saturated rings. The first kappa shape index (κ1) is 25.1. The molecule has 0 unspecified atom stereocenters. The fourth-order valence-corrected chi connectivity index (χ4v) is 4.16. The predicted molar refractivity (Wildman–Crippen MR) is 102 cm³/mol. The summed E-state index contributed by atoms with van der Waals surface area (Å²) in [6, 6.07) is -2.72. The molecule has 182 valence electrons. The van der Waals surface area contributed by atoms with Crippen molar-refractivity contribution in [1.29, 1.82) is 0 Å². The van der Waals surface area contributed by atoms with Crippen LogP contribution < -0.4 is 22.9 Å². The summed E-state index contributed by atoms with van der Waals surface area (Å²) in [7, 11) is 0. The minimum absolute atomic E-state index is 0.114. The molecule has 14 atom stereocenters. The van der Waals surface area contributed by atoms with Gasteiger partial charge in [-0.05, 0) is 6.42 Å². The van der Waals surface area contributed by atoms with E-state index >= 15 is 0 Å². The lowest BCUT2D eigenvalue weighted by Gasteiger charge is -2.47. The van der Waals surface area contributed by atoms with Crippen molar-refractivity contribution in [3.05, 3.63) is 0 Å². The third-order valence-corrected chi connectivity index (χ3v) is 6.13. The van der Waals surface area contributed by atoms with Crippen molar-refractivity contribution in [1.82, 2.24) is 0 Å². The smallest absolute Gasteiger partial charge is 0.187 e. The Morgan fingerprint density at radius 2 is 1.29 bits per heavy atom. The standard InChI is InChI=1S/C17H34N4O10/c18-2-6-10(24)12(26)8(21)16(28-6)30-14-5(20)1-4(19)9(23)15(14)31-17-13(27)11(25)7(3-22)29-17/h4-17,22-27H,1-3,18-21H2/t4-,5+,6-,7+,8+,9-,10+,11-,12+,13-,14+,15-,16+,17-/m0/s1. The summed E-state index contributed by atoms with van der Waals surface area (Å²) >= 11 is 0. The second-order valence-corrected chi connectivity index (χ2v) is 8.30. The highest BCUT2D eigenvalue weighted by Crippen LogP contribution is 2.31. The van der Waals surface area contributed by atoms with Crippen LogP contribution in [-0.4, -0.2) is 129 Å². The molecule has 2 saturated heterocycles. The zero-order valence-corrected chi connectivity index (χ0v) is 16.8. The van der Waals surface area contributed by atoms with Gasteiger partial charge < -0.3 is 72.5 Å². The number of rotatable bonds is 6. The molecule has 3 rings (SSSR count). The van der Waals surface area contributed by atoms with Crippen molar-refractivity contribution in [3.8, 4) is 0 Å². The minimum atomic E-state index is -1.51. The van der Waals surface area contributed by atoms with E-state index in [1.807, 2.05) is 0 Å². The molecule has 2 aliphatic heterocycles. The topological polar surface area (TPSA) is 262 Å². The Kier molecular flexibility index (Phi) is 8.21. The monoisotopic (exact) mass is 454 g/mol. The van der Waals surface area contributed by atoms with Crippen LogP contribution >= 0.6 is 0 Å². The minimum Gasteiger partial charge on any atom is -0.394 e. The number of ether oxygens (including phenoxy) is 4. The molecule has 14 heteroatoms. The number of aliphatic hydroxyl groups is 6. The number of hydrogen-bond acceptors (Lipinski definition) is 14. The third kappa shape index (κ3) is 4.87. The molecule has 31 heavy (non-hydrogen) atoms. The normalized spacial score (nSPS) is 53.6. The summed E-state index contributed by atoms with van der Waals surface area (Å²) in [5.74, 6) is 0. The summed E-state index contributed by atoms with van der Waals surface area (Å²) in [4.78, 5) is 0. The molecule has 0 amide bonds. The summed E-state index contributed by atoms with van der Waals surface area (Å²) in [5, 5.41) is 60.2. The third-order valence-electron chi connectivity index (χ3n) is 6.13. The maximum absolute atomic E-state index is 10.6. The maximum atomic E-state index is 10.6. The number of aliphatic hydroxyl groups excluding tert-OH is 6. The maximum Gasteiger partial charge on any atom is 0.187 e. The van der Waals surface area contributed by atoms with E-state index < -0.39 is 92.2 Å². The highest BCUT2D eigenvalue weighted by Gasteiger charge is 2.52. The van der Waals surface area contributed by atoms with Crippen molar-refractivity contribution >= 4 is 0 Å². The molecule has 2 heterocycles. The lowest BCUT2D eigenvalue weighted by atomic mass is 9.84. The van der Waals surface area contributed by atoms with Gasteiger partial charge in [-0.25, -0.2) is 0 Å². The van der Waals surface area contributed by atoms with Crippen molar-refractivity contribution in [2.75, 3.05) is 13.2 Å². The van der Waals surface area contributed by atoms with E-state index in [0.29, 0.717) is 0 Å². The number of hydrogen-bond donors (Lipinski definition) is 10. The van der Waals surface area contributed by atoms with Gasteiger partial charge in [0.15, 0.2) is 12.6 Å². The van der Waals surface area contributed by atoms with E-state index in [1.54, 1.807) is 0 Å². The Labute approximate surface area is 178 Å². The molecular formula is C17H34N4O10. The molecule has 3 aliphatic rings. The molecule has 1 saturated carbocycles. The molecule has 0 radical (unpaired) electrons. The van der Waals surface area contributed by atoms with Crippen molar-refractivity contribution < 1.29 is 49.6 Å². The summed E-state index contributed by atoms with van der Waals surface area (Å²) < 4.78 is 22.5. The Hall–Kier alpha value is -0.560. The van der Waals surface area contributed by atoms with Gasteiger partial charge in [-0.3, -0.25) is 0 Å². The molecule has 0 aromatic carbocycles. The molecule has 14 nitrogen and oxygen atoms in total. The second kappa shape index (κ2) is 10.1. The molecule has 0 spiro atoms.